The number of amides is 1. The van der Waals surface area contributed by atoms with Gasteiger partial charge < -0.3 is 15.5 Å². The molecule has 110 valence electrons. The van der Waals surface area contributed by atoms with E-state index >= 15 is 0 Å². The van der Waals surface area contributed by atoms with Crippen molar-refractivity contribution in [3.05, 3.63) is 0 Å². The summed E-state index contributed by atoms with van der Waals surface area (Å²) in [7, 11) is 0. The molecule has 19 heavy (non-hydrogen) atoms. The average Bonchev–Trinajstić information content (AvgIpc) is 2.37. The molecule has 1 aliphatic carbocycles. The molecule has 1 unspecified atom stereocenters. The zero-order valence-corrected chi connectivity index (χ0v) is 11.5. The van der Waals surface area contributed by atoms with Gasteiger partial charge in [-0.25, -0.2) is 4.79 Å². The molecule has 1 aliphatic rings. The van der Waals surface area contributed by atoms with E-state index in [1.807, 2.05) is 4.90 Å². The molecule has 0 bridgehead atoms. The van der Waals surface area contributed by atoms with Crippen molar-refractivity contribution < 1.29 is 19.8 Å². The first kappa shape index (κ1) is 15.9. The van der Waals surface area contributed by atoms with Crippen molar-refractivity contribution in [2.45, 2.75) is 51.1 Å². The van der Waals surface area contributed by atoms with Crippen LogP contribution in [0.15, 0.2) is 0 Å². The fourth-order valence-corrected chi connectivity index (χ4v) is 2.66. The van der Waals surface area contributed by atoms with Gasteiger partial charge >= 0.3 is 5.97 Å². The monoisotopic (exact) mass is 272 g/mol. The number of carbonyl (C=O) groups excluding carboxylic acids is 1. The summed E-state index contributed by atoms with van der Waals surface area (Å²) >= 11 is 0. The Morgan fingerprint density at radius 1 is 1.32 bits per heavy atom. The Morgan fingerprint density at radius 3 is 2.42 bits per heavy atom. The lowest BCUT2D eigenvalue weighted by Crippen LogP contribution is -2.51. The summed E-state index contributed by atoms with van der Waals surface area (Å²) in [5, 5.41) is 20.7. The van der Waals surface area contributed by atoms with Crippen molar-refractivity contribution in [1.82, 2.24) is 10.2 Å². The van der Waals surface area contributed by atoms with E-state index in [9.17, 15) is 9.59 Å². The molecule has 0 aromatic heterocycles. The van der Waals surface area contributed by atoms with Crippen LogP contribution in [0.1, 0.15) is 39.0 Å². The van der Waals surface area contributed by atoms with Crippen molar-refractivity contribution >= 4 is 11.9 Å². The Balaban J connectivity index is 2.62. The summed E-state index contributed by atoms with van der Waals surface area (Å²) in [6, 6.07) is -0.595. The van der Waals surface area contributed by atoms with Gasteiger partial charge in [0.05, 0.1) is 6.61 Å². The topological polar surface area (TPSA) is 89.9 Å². The summed E-state index contributed by atoms with van der Waals surface area (Å²) in [6.45, 7) is 2.02. The molecule has 0 aromatic rings. The first-order valence-corrected chi connectivity index (χ1v) is 6.89. The minimum absolute atomic E-state index is 0.00289. The highest BCUT2D eigenvalue weighted by Crippen LogP contribution is 2.22. The maximum absolute atomic E-state index is 11.2. The van der Waals surface area contributed by atoms with Crippen molar-refractivity contribution in [2.75, 3.05) is 19.7 Å². The van der Waals surface area contributed by atoms with Crippen LogP contribution in [-0.4, -0.2) is 58.8 Å². The molecule has 0 radical (unpaired) electrons. The van der Waals surface area contributed by atoms with Crippen LogP contribution < -0.4 is 5.32 Å². The minimum atomic E-state index is -1.03. The zero-order valence-electron chi connectivity index (χ0n) is 11.5. The van der Waals surface area contributed by atoms with Crippen molar-refractivity contribution in [1.29, 1.82) is 0 Å². The van der Waals surface area contributed by atoms with Gasteiger partial charge in [-0.2, -0.15) is 0 Å². The molecule has 3 N–H and O–H groups in total. The van der Waals surface area contributed by atoms with Gasteiger partial charge in [0.2, 0.25) is 5.91 Å². The van der Waals surface area contributed by atoms with Gasteiger partial charge in [0.1, 0.15) is 6.04 Å². The van der Waals surface area contributed by atoms with Crippen LogP contribution in [-0.2, 0) is 9.59 Å². The van der Waals surface area contributed by atoms with Crippen molar-refractivity contribution in [3.8, 4) is 0 Å². The molecule has 0 saturated heterocycles. The highest BCUT2D eigenvalue weighted by atomic mass is 16.4. The van der Waals surface area contributed by atoms with Crippen LogP contribution in [0.25, 0.3) is 0 Å². The van der Waals surface area contributed by atoms with Gasteiger partial charge in [0.25, 0.3) is 0 Å². The molecule has 6 nitrogen and oxygen atoms in total. The molecule has 1 saturated carbocycles. The van der Waals surface area contributed by atoms with Crippen LogP contribution in [0.2, 0.25) is 0 Å². The molecular formula is C13H24N2O4. The van der Waals surface area contributed by atoms with E-state index in [4.69, 9.17) is 10.2 Å². The standard InChI is InChI=1S/C13H24N2O4/c1-10(17)14-12(13(18)19)9-15(7-8-16)11-5-3-2-4-6-11/h11-12,16H,2-9H2,1H3,(H,14,17)(H,18,19). The first-order valence-electron chi connectivity index (χ1n) is 6.89. The highest BCUT2D eigenvalue weighted by Gasteiger charge is 2.27. The number of aliphatic hydroxyl groups excluding tert-OH is 1. The Labute approximate surface area is 113 Å². The molecule has 1 rings (SSSR count). The Kier molecular flexibility index (Phi) is 6.80. The second-order valence-electron chi connectivity index (χ2n) is 5.10. The molecule has 1 amide bonds. The normalized spacial score (nSPS) is 18.3. The number of hydrogen-bond donors (Lipinski definition) is 3. The number of nitrogens with one attached hydrogen (secondary N) is 1. The lowest BCUT2D eigenvalue weighted by atomic mass is 9.94. The number of rotatable bonds is 7. The van der Waals surface area contributed by atoms with Crippen LogP contribution in [0, 0.1) is 0 Å². The second kappa shape index (κ2) is 8.12. The maximum atomic E-state index is 11.2. The van der Waals surface area contributed by atoms with E-state index in [2.05, 4.69) is 5.32 Å². The van der Waals surface area contributed by atoms with Crippen LogP contribution >= 0.6 is 0 Å². The largest absolute Gasteiger partial charge is 0.480 e. The number of carbonyl (C=O) groups is 2. The lowest BCUT2D eigenvalue weighted by Gasteiger charge is -2.35. The van der Waals surface area contributed by atoms with Crippen LogP contribution in [0.5, 0.6) is 0 Å². The predicted molar refractivity (Wildman–Crippen MR) is 70.8 cm³/mol. The van der Waals surface area contributed by atoms with Gasteiger partial charge in [-0.3, -0.25) is 9.69 Å². The third-order valence-corrected chi connectivity index (χ3v) is 3.57. The molecule has 1 fully saturated rings. The minimum Gasteiger partial charge on any atom is -0.480 e. The average molecular weight is 272 g/mol. The van der Waals surface area contributed by atoms with Gasteiger partial charge in [0.15, 0.2) is 0 Å². The van der Waals surface area contributed by atoms with Crippen LogP contribution in [0.3, 0.4) is 0 Å². The molecule has 1 atom stereocenters. The molecule has 0 aliphatic heterocycles. The Hall–Kier alpha value is -1.14. The van der Waals surface area contributed by atoms with Gasteiger partial charge in [-0.1, -0.05) is 19.3 Å². The molecule has 6 heteroatoms. The number of nitrogens with zero attached hydrogens (tertiary/aromatic N) is 1. The molecule has 0 aromatic carbocycles. The second-order valence-corrected chi connectivity index (χ2v) is 5.10. The fourth-order valence-electron chi connectivity index (χ4n) is 2.66. The van der Waals surface area contributed by atoms with E-state index in [1.54, 1.807) is 0 Å². The third-order valence-electron chi connectivity index (χ3n) is 3.57. The van der Waals surface area contributed by atoms with Crippen LogP contribution in [0.4, 0.5) is 0 Å². The maximum Gasteiger partial charge on any atom is 0.327 e. The van der Waals surface area contributed by atoms with Gasteiger partial charge in [-0.15, -0.1) is 0 Å². The summed E-state index contributed by atoms with van der Waals surface area (Å²) in [4.78, 5) is 24.2. The van der Waals surface area contributed by atoms with E-state index in [0.29, 0.717) is 12.6 Å². The number of carboxylic acid groups (broad SMARTS) is 1. The Morgan fingerprint density at radius 2 is 1.95 bits per heavy atom. The van der Waals surface area contributed by atoms with E-state index < -0.39 is 12.0 Å². The highest BCUT2D eigenvalue weighted by molar-refractivity contribution is 5.82. The Bertz CT molecular complexity index is 303. The van der Waals surface area contributed by atoms with Gasteiger partial charge in [0, 0.05) is 26.1 Å². The summed E-state index contributed by atoms with van der Waals surface area (Å²) in [6.07, 6.45) is 5.57. The number of carboxylic acids is 1. The summed E-state index contributed by atoms with van der Waals surface area (Å²) < 4.78 is 0. The van der Waals surface area contributed by atoms with Crippen molar-refractivity contribution in [3.63, 3.8) is 0 Å². The number of hydrogen-bond acceptors (Lipinski definition) is 4. The van der Waals surface area contributed by atoms with E-state index in [1.165, 1.54) is 13.3 Å². The number of aliphatic hydroxyl groups is 1. The van der Waals surface area contributed by atoms with Gasteiger partial charge in [-0.05, 0) is 12.8 Å². The summed E-state index contributed by atoms with van der Waals surface area (Å²) in [5.41, 5.74) is 0. The zero-order chi connectivity index (χ0) is 14.3. The third kappa shape index (κ3) is 5.57. The SMILES string of the molecule is CC(=O)NC(CN(CCO)C1CCCCC1)C(=O)O. The van der Waals surface area contributed by atoms with E-state index in [0.717, 1.165) is 25.7 Å². The smallest absolute Gasteiger partial charge is 0.327 e. The lowest BCUT2D eigenvalue weighted by molar-refractivity contribution is -0.142. The molecule has 0 heterocycles. The quantitative estimate of drug-likeness (QED) is 0.616. The van der Waals surface area contributed by atoms with Crippen molar-refractivity contribution in [2.24, 2.45) is 0 Å². The first-order chi connectivity index (χ1) is 9.04. The predicted octanol–water partition coefficient (Wildman–Crippen LogP) is 0.203. The van der Waals surface area contributed by atoms with E-state index in [-0.39, 0.29) is 19.1 Å². The number of aliphatic carboxylic acids is 1. The fraction of sp³-hybridized carbons (Fsp3) is 0.846. The molecular weight excluding hydrogens is 248 g/mol. The summed E-state index contributed by atoms with van der Waals surface area (Å²) in [5.74, 6) is -1.38. The molecule has 0 spiro atoms.